The van der Waals surface area contributed by atoms with E-state index in [1.54, 1.807) is 0 Å². The standard InChI is InChI=1S/C17H27NO/c1-12-9-13(2)15(14(3)10-12)11-18-8-6-7-16(19)17(18,4)5/h9-10,16,19H,6-8,11H2,1-5H3. The SMILES string of the molecule is Cc1cc(C)c(CN2CCCC(O)C2(C)C)c(C)c1. The molecule has 0 aliphatic carbocycles. The van der Waals surface area contributed by atoms with Crippen LogP contribution in [0.2, 0.25) is 0 Å². The fourth-order valence-corrected chi connectivity index (χ4v) is 3.26. The molecule has 2 nitrogen and oxygen atoms in total. The Morgan fingerprint density at radius 1 is 1.21 bits per heavy atom. The second kappa shape index (κ2) is 5.26. The maximum atomic E-state index is 10.2. The highest BCUT2D eigenvalue weighted by atomic mass is 16.3. The summed E-state index contributed by atoms with van der Waals surface area (Å²) in [5.41, 5.74) is 5.37. The number of hydrogen-bond acceptors (Lipinski definition) is 2. The normalized spacial score (nSPS) is 23.6. The molecule has 1 aromatic rings. The summed E-state index contributed by atoms with van der Waals surface area (Å²) in [5, 5.41) is 10.2. The molecular formula is C17H27NO. The van der Waals surface area contributed by atoms with E-state index in [4.69, 9.17) is 0 Å². The molecule has 1 heterocycles. The van der Waals surface area contributed by atoms with Crippen molar-refractivity contribution in [2.24, 2.45) is 0 Å². The molecule has 0 radical (unpaired) electrons. The summed E-state index contributed by atoms with van der Waals surface area (Å²) in [5.74, 6) is 0. The highest BCUT2D eigenvalue weighted by molar-refractivity contribution is 5.37. The van der Waals surface area contributed by atoms with Crippen molar-refractivity contribution in [1.82, 2.24) is 4.90 Å². The number of nitrogens with zero attached hydrogens (tertiary/aromatic N) is 1. The lowest BCUT2D eigenvalue weighted by atomic mass is 9.86. The molecule has 1 aliphatic rings. The van der Waals surface area contributed by atoms with E-state index in [0.717, 1.165) is 25.9 Å². The van der Waals surface area contributed by atoms with Gasteiger partial charge in [-0.2, -0.15) is 0 Å². The maximum Gasteiger partial charge on any atom is 0.0719 e. The summed E-state index contributed by atoms with van der Waals surface area (Å²) in [4.78, 5) is 2.44. The zero-order valence-electron chi connectivity index (χ0n) is 13.0. The lowest BCUT2D eigenvalue weighted by molar-refractivity contribution is -0.0482. The van der Waals surface area contributed by atoms with Crippen LogP contribution in [0.25, 0.3) is 0 Å². The number of aryl methyl sites for hydroxylation is 3. The van der Waals surface area contributed by atoms with Crippen LogP contribution in [0.1, 0.15) is 48.9 Å². The summed E-state index contributed by atoms with van der Waals surface area (Å²) >= 11 is 0. The van der Waals surface area contributed by atoms with Crippen molar-refractivity contribution in [2.75, 3.05) is 6.54 Å². The Labute approximate surface area is 117 Å². The molecule has 1 aromatic carbocycles. The quantitative estimate of drug-likeness (QED) is 0.882. The Morgan fingerprint density at radius 3 is 2.37 bits per heavy atom. The molecule has 1 N–H and O–H groups in total. The first-order chi connectivity index (χ1) is 8.82. The molecule has 1 saturated heterocycles. The van der Waals surface area contributed by atoms with Crippen molar-refractivity contribution in [3.63, 3.8) is 0 Å². The number of hydrogen-bond donors (Lipinski definition) is 1. The van der Waals surface area contributed by atoms with Crippen molar-refractivity contribution in [3.8, 4) is 0 Å². The second-order valence-electron chi connectivity index (χ2n) is 6.61. The Morgan fingerprint density at radius 2 is 1.79 bits per heavy atom. The lowest BCUT2D eigenvalue weighted by Crippen LogP contribution is -2.55. The number of likely N-dealkylation sites (tertiary alicyclic amines) is 1. The largest absolute Gasteiger partial charge is 0.391 e. The maximum absolute atomic E-state index is 10.2. The average molecular weight is 261 g/mol. The van der Waals surface area contributed by atoms with E-state index >= 15 is 0 Å². The van der Waals surface area contributed by atoms with Gasteiger partial charge in [0, 0.05) is 12.1 Å². The zero-order chi connectivity index (χ0) is 14.2. The monoisotopic (exact) mass is 261 g/mol. The predicted octanol–water partition coefficient (Wildman–Crippen LogP) is 3.35. The average Bonchev–Trinajstić information content (AvgIpc) is 2.29. The van der Waals surface area contributed by atoms with Crippen LogP contribution in [-0.4, -0.2) is 28.2 Å². The van der Waals surface area contributed by atoms with Gasteiger partial charge in [0.1, 0.15) is 0 Å². The summed E-state index contributed by atoms with van der Waals surface area (Å²) < 4.78 is 0. The van der Waals surface area contributed by atoms with Gasteiger partial charge in [0.25, 0.3) is 0 Å². The van der Waals surface area contributed by atoms with E-state index < -0.39 is 0 Å². The van der Waals surface area contributed by atoms with E-state index in [2.05, 4.69) is 51.7 Å². The van der Waals surface area contributed by atoms with Crippen LogP contribution in [0.5, 0.6) is 0 Å². The molecule has 106 valence electrons. The van der Waals surface area contributed by atoms with Crippen molar-refractivity contribution < 1.29 is 5.11 Å². The van der Waals surface area contributed by atoms with Crippen LogP contribution in [0.3, 0.4) is 0 Å². The van der Waals surface area contributed by atoms with E-state index in [0.29, 0.717) is 0 Å². The Hall–Kier alpha value is -0.860. The molecule has 0 spiro atoms. The van der Waals surface area contributed by atoms with Crippen molar-refractivity contribution in [2.45, 2.75) is 65.6 Å². The molecule has 2 heteroatoms. The molecular weight excluding hydrogens is 234 g/mol. The smallest absolute Gasteiger partial charge is 0.0719 e. The number of rotatable bonds is 2. The third-order valence-electron chi connectivity index (χ3n) is 4.73. The molecule has 1 fully saturated rings. The van der Waals surface area contributed by atoms with Gasteiger partial charge in [-0.05, 0) is 70.7 Å². The van der Waals surface area contributed by atoms with E-state index in [1.807, 2.05) is 0 Å². The summed E-state index contributed by atoms with van der Waals surface area (Å²) in [6, 6.07) is 4.52. The number of aliphatic hydroxyl groups is 1. The Balaban J connectivity index is 2.26. The van der Waals surface area contributed by atoms with Crippen LogP contribution < -0.4 is 0 Å². The Kier molecular flexibility index (Phi) is 4.03. The van der Waals surface area contributed by atoms with Gasteiger partial charge in [0.15, 0.2) is 0 Å². The first kappa shape index (κ1) is 14.5. The summed E-state index contributed by atoms with van der Waals surface area (Å²) in [6.45, 7) is 12.9. The van der Waals surface area contributed by atoms with Gasteiger partial charge < -0.3 is 5.11 Å². The Bertz CT molecular complexity index is 441. The number of piperidine rings is 1. The first-order valence-electron chi connectivity index (χ1n) is 7.32. The van der Waals surface area contributed by atoms with Crippen LogP contribution >= 0.6 is 0 Å². The third-order valence-corrected chi connectivity index (χ3v) is 4.73. The van der Waals surface area contributed by atoms with E-state index in [9.17, 15) is 5.11 Å². The zero-order valence-corrected chi connectivity index (χ0v) is 13.0. The van der Waals surface area contributed by atoms with Gasteiger partial charge in [-0.1, -0.05) is 17.7 Å². The van der Waals surface area contributed by atoms with E-state index in [1.165, 1.54) is 22.3 Å². The third kappa shape index (κ3) is 2.85. The predicted molar refractivity (Wildman–Crippen MR) is 80.4 cm³/mol. The van der Waals surface area contributed by atoms with Gasteiger partial charge in [0.2, 0.25) is 0 Å². The fraction of sp³-hybridized carbons (Fsp3) is 0.647. The molecule has 0 aromatic heterocycles. The van der Waals surface area contributed by atoms with Crippen LogP contribution in [0, 0.1) is 20.8 Å². The number of aliphatic hydroxyl groups excluding tert-OH is 1. The highest BCUT2D eigenvalue weighted by Gasteiger charge is 2.37. The summed E-state index contributed by atoms with van der Waals surface area (Å²) in [6.07, 6.45) is 1.80. The van der Waals surface area contributed by atoms with Crippen LogP contribution in [0.4, 0.5) is 0 Å². The van der Waals surface area contributed by atoms with Crippen molar-refractivity contribution in [3.05, 3.63) is 34.4 Å². The van der Waals surface area contributed by atoms with Gasteiger partial charge >= 0.3 is 0 Å². The fourth-order valence-electron chi connectivity index (χ4n) is 3.26. The topological polar surface area (TPSA) is 23.5 Å². The molecule has 0 amide bonds. The van der Waals surface area contributed by atoms with Gasteiger partial charge in [-0.25, -0.2) is 0 Å². The molecule has 1 unspecified atom stereocenters. The van der Waals surface area contributed by atoms with Gasteiger partial charge in [-0.15, -0.1) is 0 Å². The minimum Gasteiger partial charge on any atom is -0.391 e. The molecule has 2 rings (SSSR count). The molecule has 0 saturated carbocycles. The van der Waals surface area contributed by atoms with Crippen molar-refractivity contribution >= 4 is 0 Å². The molecule has 1 aliphatic heterocycles. The van der Waals surface area contributed by atoms with Gasteiger partial charge in [-0.3, -0.25) is 4.90 Å². The minimum absolute atomic E-state index is 0.123. The molecule has 1 atom stereocenters. The first-order valence-corrected chi connectivity index (χ1v) is 7.32. The van der Waals surface area contributed by atoms with Crippen molar-refractivity contribution in [1.29, 1.82) is 0 Å². The minimum atomic E-state index is -0.215. The van der Waals surface area contributed by atoms with Crippen LogP contribution in [0.15, 0.2) is 12.1 Å². The lowest BCUT2D eigenvalue weighted by Gasteiger charge is -2.46. The van der Waals surface area contributed by atoms with Gasteiger partial charge in [0.05, 0.1) is 6.10 Å². The second-order valence-corrected chi connectivity index (χ2v) is 6.61. The highest BCUT2D eigenvalue weighted by Crippen LogP contribution is 2.30. The summed E-state index contributed by atoms with van der Waals surface area (Å²) in [7, 11) is 0. The van der Waals surface area contributed by atoms with E-state index in [-0.39, 0.29) is 11.6 Å². The van der Waals surface area contributed by atoms with Crippen LogP contribution in [-0.2, 0) is 6.54 Å². The molecule has 19 heavy (non-hydrogen) atoms. The number of benzene rings is 1. The molecule has 0 bridgehead atoms.